The Hall–Kier alpha value is -5.11. The molecule has 190 valence electrons. The second-order valence-electron chi connectivity index (χ2n) is 8.83. The summed E-state index contributed by atoms with van der Waals surface area (Å²) in [7, 11) is 0. The maximum absolute atomic E-state index is 13.0. The van der Waals surface area contributed by atoms with Gasteiger partial charge in [0.25, 0.3) is 17.7 Å². The van der Waals surface area contributed by atoms with Crippen LogP contribution in [0, 0.1) is 13.8 Å². The number of amides is 3. The van der Waals surface area contributed by atoms with E-state index in [9.17, 15) is 14.4 Å². The molecule has 0 aliphatic carbocycles. The number of para-hydroxylation sites is 2. The predicted octanol–water partition coefficient (Wildman–Crippen LogP) is 4.57. The lowest BCUT2D eigenvalue weighted by atomic mass is 10.1. The summed E-state index contributed by atoms with van der Waals surface area (Å²) in [6, 6.07) is 27.5. The predicted molar refractivity (Wildman–Crippen MR) is 146 cm³/mol. The van der Waals surface area contributed by atoms with E-state index in [1.54, 1.807) is 42.5 Å². The van der Waals surface area contributed by atoms with Gasteiger partial charge >= 0.3 is 0 Å². The van der Waals surface area contributed by atoms with E-state index >= 15 is 0 Å². The Labute approximate surface area is 220 Å². The molecular formula is C30H26N4O4. The molecule has 1 aromatic heterocycles. The van der Waals surface area contributed by atoms with Crippen LogP contribution in [0.5, 0.6) is 5.75 Å². The summed E-state index contributed by atoms with van der Waals surface area (Å²) in [4.78, 5) is 37.7. The van der Waals surface area contributed by atoms with Crippen molar-refractivity contribution >= 4 is 35.2 Å². The van der Waals surface area contributed by atoms with Gasteiger partial charge in [-0.15, -0.1) is 0 Å². The molecule has 0 unspecified atom stereocenters. The molecule has 1 aliphatic rings. The van der Waals surface area contributed by atoms with Gasteiger partial charge in [-0.3, -0.25) is 19.8 Å². The molecule has 2 N–H and O–H groups in total. The fourth-order valence-electron chi connectivity index (χ4n) is 4.36. The van der Waals surface area contributed by atoms with Crippen molar-refractivity contribution in [3.05, 3.63) is 114 Å². The van der Waals surface area contributed by atoms with E-state index in [1.165, 1.54) is 5.01 Å². The van der Waals surface area contributed by atoms with Crippen LogP contribution in [0.25, 0.3) is 11.8 Å². The molecule has 1 fully saturated rings. The number of benzene rings is 3. The molecule has 0 bridgehead atoms. The van der Waals surface area contributed by atoms with Gasteiger partial charge in [-0.2, -0.15) is 0 Å². The van der Waals surface area contributed by atoms with Crippen molar-refractivity contribution in [3.8, 4) is 11.4 Å². The maximum Gasteiger partial charge on any atom is 0.282 e. The average molecular weight is 507 g/mol. The lowest BCUT2D eigenvalue weighted by molar-refractivity contribution is -0.118. The zero-order valence-electron chi connectivity index (χ0n) is 21.0. The van der Waals surface area contributed by atoms with Gasteiger partial charge in [-0.05, 0) is 80.1 Å². The fourth-order valence-corrected chi connectivity index (χ4v) is 4.36. The first-order valence-corrected chi connectivity index (χ1v) is 12.1. The largest absolute Gasteiger partial charge is 0.484 e. The fraction of sp³-hybridized carbons (Fsp3) is 0.100. The SMILES string of the molecule is Cc1cc(/C=C2/C(=O)NN(c3ccccc3)C2=O)c(C)n1-c1ccc(OCC(=O)Nc2ccccc2)cc1. The van der Waals surface area contributed by atoms with Crippen LogP contribution in [0.1, 0.15) is 17.0 Å². The second-order valence-corrected chi connectivity index (χ2v) is 8.83. The van der Waals surface area contributed by atoms with Gasteiger partial charge in [0, 0.05) is 22.8 Å². The molecule has 3 aromatic carbocycles. The van der Waals surface area contributed by atoms with Crippen molar-refractivity contribution in [2.24, 2.45) is 0 Å². The lowest BCUT2D eigenvalue weighted by Gasteiger charge is -2.13. The van der Waals surface area contributed by atoms with E-state index in [4.69, 9.17) is 4.74 Å². The Morgan fingerprint density at radius 3 is 2.24 bits per heavy atom. The molecule has 4 aromatic rings. The minimum absolute atomic E-state index is 0.0756. The van der Waals surface area contributed by atoms with Crippen LogP contribution in [0.15, 0.2) is 96.6 Å². The number of carbonyl (C=O) groups excluding carboxylic acids is 3. The summed E-state index contributed by atoms with van der Waals surface area (Å²) < 4.78 is 7.67. The number of anilines is 2. The summed E-state index contributed by atoms with van der Waals surface area (Å²) >= 11 is 0. The molecule has 0 saturated carbocycles. The Balaban J connectivity index is 1.30. The van der Waals surface area contributed by atoms with Crippen LogP contribution in [0.4, 0.5) is 11.4 Å². The molecule has 8 nitrogen and oxygen atoms in total. The number of aromatic nitrogens is 1. The topological polar surface area (TPSA) is 92.7 Å². The van der Waals surface area contributed by atoms with Crippen LogP contribution in [-0.2, 0) is 14.4 Å². The van der Waals surface area contributed by atoms with Gasteiger partial charge in [0.15, 0.2) is 6.61 Å². The Bertz CT molecular complexity index is 1520. The van der Waals surface area contributed by atoms with Gasteiger partial charge in [0.1, 0.15) is 11.3 Å². The number of hydrazine groups is 1. The molecule has 0 spiro atoms. The van der Waals surface area contributed by atoms with Crippen LogP contribution >= 0.6 is 0 Å². The summed E-state index contributed by atoms with van der Waals surface area (Å²) in [5.74, 6) is -0.521. The molecule has 1 saturated heterocycles. The van der Waals surface area contributed by atoms with Crippen molar-refractivity contribution < 1.29 is 19.1 Å². The summed E-state index contributed by atoms with van der Waals surface area (Å²) in [5.41, 5.74) is 7.50. The third-order valence-electron chi connectivity index (χ3n) is 6.20. The highest BCUT2D eigenvalue weighted by Crippen LogP contribution is 2.27. The first kappa shape index (κ1) is 24.6. The van der Waals surface area contributed by atoms with Gasteiger partial charge in [-0.25, -0.2) is 5.01 Å². The van der Waals surface area contributed by atoms with Crippen LogP contribution in [-0.4, -0.2) is 28.9 Å². The summed E-state index contributed by atoms with van der Waals surface area (Å²) in [5, 5.41) is 4.04. The molecule has 8 heteroatoms. The van der Waals surface area contributed by atoms with E-state index in [2.05, 4.69) is 10.7 Å². The lowest BCUT2D eigenvalue weighted by Crippen LogP contribution is -2.35. The first-order chi connectivity index (χ1) is 18.4. The second kappa shape index (κ2) is 10.5. The highest BCUT2D eigenvalue weighted by Gasteiger charge is 2.34. The van der Waals surface area contributed by atoms with Crippen LogP contribution in [0.2, 0.25) is 0 Å². The maximum atomic E-state index is 13.0. The number of hydrogen-bond acceptors (Lipinski definition) is 4. The molecular weight excluding hydrogens is 480 g/mol. The molecule has 0 atom stereocenters. The molecule has 3 amide bonds. The quantitative estimate of drug-likeness (QED) is 0.284. The minimum Gasteiger partial charge on any atom is -0.484 e. The minimum atomic E-state index is -0.443. The van der Waals surface area contributed by atoms with E-state index in [0.717, 1.165) is 22.6 Å². The number of rotatable bonds is 7. The summed E-state index contributed by atoms with van der Waals surface area (Å²) in [6.07, 6.45) is 1.63. The Morgan fingerprint density at radius 2 is 1.55 bits per heavy atom. The zero-order valence-corrected chi connectivity index (χ0v) is 21.0. The highest BCUT2D eigenvalue weighted by molar-refractivity contribution is 6.31. The van der Waals surface area contributed by atoms with E-state index < -0.39 is 11.8 Å². The van der Waals surface area contributed by atoms with Crippen molar-refractivity contribution in [3.63, 3.8) is 0 Å². The molecule has 2 heterocycles. The van der Waals surface area contributed by atoms with Crippen molar-refractivity contribution in [1.82, 2.24) is 9.99 Å². The normalized spacial score (nSPS) is 14.1. The molecule has 0 radical (unpaired) electrons. The number of nitrogens with zero attached hydrogens (tertiary/aromatic N) is 2. The smallest absolute Gasteiger partial charge is 0.282 e. The molecule has 38 heavy (non-hydrogen) atoms. The molecule has 5 rings (SSSR count). The zero-order chi connectivity index (χ0) is 26.6. The van der Waals surface area contributed by atoms with Crippen molar-refractivity contribution in [2.75, 3.05) is 16.9 Å². The van der Waals surface area contributed by atoms with E-state index in [-0.39, 0.29) is 18.1 Å². The summed E-state index contributed by atoms with van der Waals surface area (Å²) in [6.45, 7) is 3.79. The van der Waals surface area contributed by atoms with Crippen LogP contribution in [0.3, 0.4) is 0 Å². The Kier molecular flexibility index (Phi) is 6.78. The van der Waals surface area contributed by atoms with Gasteiger partial charge < -0.3 is 14.6 Å². The van der Waals surface area contributed by atoms with E-state index in [1.807, 2.05) is 73.0 Å². The number of ether oxygens (including phenoxy) is 1. The third kappa shape index (κ3) is 5.05. The van der Waals surface area contributed by atoms with Gasteiger partial charge in [0.05, 0.1) is 5.69 Å². The highest BCUT2D eigenvalue weighted by atomic mass is 16.5. The first-order valence-electron chi connectivity index (χ1n) is 12.1. The standard InChI is InChI=1S/C30H26N4O4/c1-20-17-22(18-27-29(36)32-34(30(27)37)25-11-7-4-8-12-25)21(2)33(20)24-13-15-26(16-14-24)38-19-28(35)31-23-9-5-3-6-10-23/h3-18H,19H2,1-2H3,(H,31,35)(H,32,36)/b27-18-. The number of nitrogens with one attached hydrogen (secondary N) is 2. The number of hydrogen-bond donors (Lipinski definition) is 2. The van der Waals surface area contributed by atoms with Gasteiger partial charge in [-0.1, -0.05) is 36.4 Å². The van der Waals surface area contributed by atoms with Crippen LogP contribution < -0.4 is 20.5 Å². The average Bonchev–Trinajstić information content (AvgIpc) is 3.38. The number of aryl methyl sites for hydroxylation is 1. The Morgan fingerprint density at radius 1 is 0.895 bits per heavy atom. The third-order valence-corrected chi connectivity index (χ3v) is 6.20. The van der Waals surface area contributed by atoms with Gasteiger partial charge in [0.2, 0.25) is 0 Å². The van der Waals surface area contributed by atoms with Crippen molar-refractivity contribution in [1.29, 1.82) is 0 Å². The van der Waals surface area contributed by atoms with Crippen molar-refractivity contribution in [2.45, 2.75) is 13.8 Å². The monoisotopic (exact) mass is 506 g/mol. The van der Waals surface area contributed by atoms with E-state index in [0.29, 0.717) is 17.1 Å². The molecule has 1 aliphatic heterocycles. The number of carbonyl (C=O) groups is 3.